The highest BCUT2D eigenvalue weighted by molar-refractivity contribution is 6.35. The molecule has 0 fully saturated rings. The first kappa shape index (κ1) is 12.8. The van der Waals surface area contributed by atoms with Crippen LogP contribution in [0.15, 0.2) is 18.2 Å². The molecule has 0 heterocycles. The van der Waals surface area contributed by atoms with E-state index < -0.39 is 0 Å². The largest absolute Gasteiger partial charge is 0.308 e. The molecule has 1 aromatic rings. The van der Waals surface area contributed by atoms with Crippen molar-refractivity contribution in [2.24, 2.45) is 0 Å². The Morgan fingerprint density at radius 1 is 1.27 bits per heavy atom. The zero-order chi connectivity index (χ0) is 11.5. The molecular formula is C12H17Cl2N. The third-order valence-corrected chi connectivity index (χ3v) is 3.24. The standard InChI is InChI=1S/C12H17Cl2N/c1-4-12(2,3)15-8-9-5-6-10(13)7-11(9)14/h5-7,15H,4,8H2,1-3H3. The van der Waals surface area contributed by atoms with Crippen LogP contribution < -0.4 is 5.32 Å². The van der Waals surface area contributed by atoms with Crippen LogP contribution in [0.3, 0.4) is 0 Å². The number of nitrogens with one attached hydrogen (secondary N) is 1. The number of hydrogen-bond acceptors (Lipinski definition) is 1. The zero-order valence-electron chi connectivity index (χ0n) is 9.40. The highest BCUT2D eigenvalue weighted by Gasteiger charge is 2.14. The summed E-state index contributed by atoms with van der Waals surface area (Å²) < 4.78 is 0. The van der Waals surface area contributed by atoms with E-state index in [9.17, 15) is 0 Å². The molecule has 1 nitrogen and oxygen atoms in total. The Labute approximate surface area is 102 Å². The molecule has 0 saturated carbocycles. The molecule has 0 atom stereocenters. The van der Waals surface area contributed by atoms with E-state index in [-0.39, 0.29) is 5.54 Å². The summed E-state index contributed by atoms with van der Waals surface area (Å²) in [5.41, 5.74) is 1.23. The first-order valence-corrected chi connectivity index (χ1v) is 5.89. The molecule has 0 radical (unpaired) electrons. The predicted octanol–water partition coefficient (Wildman–Crippen LogP) is 4.27. The van der Waals surface area contributed by atoms with Crippen LogP contribution >= 0.6 is 23.2 Å². The quantitative estimate of drug-likeness (QED) is 0.836. The van der Waals surface area contributed by atoms with E-state index in [2.05, 4.69) is 26.1 Å². The number of rotatable bonds is 4. The third-order valence-electron chi connectivity index (χ3n) is 2.66. The Hall–Kier alpha value is -0.240. The van der Waals surface area contributed by atoms with Crippen molar-refractivity contribution < 1.29 is 0 Å². The Bertz CT molecular complexity index is 334. The normalized spacial score (nSPS) is 11.8. The molecule has 0 aliphatic carbocycles. The minimum atomic E-state index is 0.142. The maximum atomic E-state index is 6.08. The Morgan fingerprint density at radius 2 is 1.93 bits per heavy atom. The summed E-state index contributed by atoms with van der Waals surface area (Å²) in [5, 5.41) is 4.86. The van der Waals surface area contributed by atoms with Crippen molar-refractivity contribution in [2.75, 3.05) is 0 Å². The minimum absolute atomic E-state index is 0.142. The van der Waals surface area contributed by atoms with Crippen LogP contribution in [0.5, 0.6) is 0 Å². The highest BCUT2D eigenvalue weighted by Crippen LogP contribution is 2.21. The maximum Gasteiger partial charge on any atom is 0.0465 e. The molecule has 0 bridgehead atoms. The van der Waals surface area contributed by atoms with Crippen LogP contribution in [0.1, 0.15) is 32.8 Å². The van der Waals surface area contributed by atoms with E-state index in [1.807, 2.05) is 12.1 Å². The zero-order valence-corrected chi connectivity index (χ0v) is 10.9. The van der Waals surface area contributed by atoms with Gasteiger partial charge in [0.1, 0.15) is 0 Å². The van der Waals surface area contributed by atoms with Crippen molar-refractivity contribution in [1.29, 1.82) is 0 Å². The topological polar surface area (TPSA) is 12.0 Å². The van der Waals surface area contributed by atoms with Gasteiger partial charge in [-0.1, -0.05) is 36.2 Å². The molecular weight excluding hydrogens is 229 g/mol. The summed E-state index contributed by atoms with van der Waals surface area (Å²) in [4.78, 5) is 0. The molecule has 15 heavy (non-hydrogen) atoms. The van der Waals surface area contributed by atoms with Crippen LogP contribution in [0.25, 0.3) is 0 Å². The molecule has 0 spiro atoms. The van der Waals surface area contributed by atoms with Gasteiger partial charge in [0, 0.05) is 22.1 Å². The van der Waals surface area contributed by atoms with Crippen molar-refractivity contribution >= 4 is 23.2 Å². The second kappa shape index (κ2) is 5.20. The summed E-state index contributed by atoms with van der Waals surface area (Å²) in [6, 6.07) is 5.60. The fourth-order valence-corrected chi connectivity index (χ4v) is 1.60. The van der Waals surface area contributed by atoms with Crippen molar-refractivity contribution in [3.63, 3.8) is 0 Å². The molecule has 0 amide bonds. The average Bonchev–Trinajstić information content (AvgIpc) is 2.16. The molecule has 0 unspecified atom stereocenters. The van der Waals surface area contributed by atoms with Gasteiger partial charge in [-0.3, -0.25) is 0 Å². The fraction of sp³-hybridized carbons (Fsp3) is 0.500. The van der Waals surface area contributed by atoms with Gasteiger partial charge >= 0.3 is 0 Å². The van der Waals surface area contributed by atoms with E-state index >= 15 is 0 Å². The SMILES string of the molecule is CCC(C)(C)NCc1ccc(Cl)cc1Cl. The van der Waals surface area contributed by atoms with Crippen LogP contribution in [0.2, 0.25) is 10.0 Å². The molecule has 84 valence electrons. The van der Waals surface area contributed by atoms with E-state index in [1.54, 1.807) is 6.07 Å². The lowest BCUT2D eigenvalue weighted by Crippen LogP contribution is -2.37. The van der Waals surface area contributed by atoms with Crippen molar-refractivity contribution in [2.45, 2.75) is 39.3 Å². The third kappa shape index (κ3) is 4.02. The molecule has 1 aromatic carbocycles. The first-order chi connectivity index (χ1) is 6.94. The van der Waals surface area contributed by atoms with Crippen LogP contribution in [0.4, 0.5) is 0 Å². The van der Waals surface area contributed by atoms with E-state index in [0.717, 1.165) is 23.6 Å². The smallest absolute Gasteiger partial charge is 0.0465 e. The Balaban J connectivity index is 2.66. The summed E-state index contributed by atoms with van der Waals surface area (Å²) in [6.07, 6.45) is 1.08. The van der Waals surface area contributed by atoms with Gasteiger partial charge < -0.3 is 5.32 Å². The minimum Gasteiger partial charge on any atom is -0.308 e. The maximum absolute atomic E-state index is 6.08. The number of halogens is 2. The van der Waals surface area contributed by atoms with Gasteiger partial charge in [-0.05, 0) is 38.0 Å². The van der Waals surface area contributed by atoms with E-state index in [1.165, 1.54) is 0 Å². The Morgan fingerprint density at radius 3 is 2.47 bits per heavy atom. The monoisotopic (exact) mass is 245 g/mol. The van der Waals surface area contributed by atoms with Crippen LogP contribution in [-0.2, 0) is 6.54 Å². The number of hydrogen-bond donors (Lipinski definition) is 1. The summed E-state index contributed by atoms with van der Waals surface area (Å²) in [5.74, 6) is 0. The van der Waals surface area contributed by atoms with Gasteiger partial charge in [0.25, 0.3) is 0 Å². The second-order valence-electron chi connectivity index (χ2n) is 4.33. The lowest BCUT2D eigenvalue weighted by molar-refractivity contribution is 0.374. The molecule has 0 aliphatic rings. The molecule has 1 N–H and O–H groups in total. The van der Waals surface area contributed by atoms with Crippen LogP contribution in [0, 0.1) is 0 Å². The molecule has 1 rings (SSSR count). The van der Waals surface area contributed by atoms with E-state index in [4.69, 9.17) is 23.2 Å². The van der Waals surface area contributed by atoms with Crippen molar-refractivity contribution in [3.05, 3.63) is 33.8 Å². The molecule has 0 saturated heterocycles. The van der Waals surface area contributed by atoms with Gasteiger partial charge in [0.15, 0.2) is 0 Å². The number of benzene rings is 1. The molecule has 0 aromatic heterocycles. The fourth-order valence-electron chi connectivity index (χ4n) is 1.12. The van der Waals surface area contributed by atoms with Gasteiger partial charge in [0.2, 0.25) is 0 Å². The van der Waals surface area contributed by atoms with Crippen molar-refractivity contribution in [1.82, 2.24) is 5.32 Å². The van der Waals surface area contributed by atoms with Gasteiger partial charge in [-0.25, -0.2) is 0 Å². The lowest BCUT2D eigenvalue weighted by Gasteiger charge is -2.24. The van der Waals surface area contributed by atoms with Crippen molar-refractivity contribution in [3.8, 4) is 0 Å². The molecule has 3 heteroatoms. The van der Waals surface area contributed by atoms with E-state index in [0.29, 0.717) is 5.02 Å². The van der Waals surface area contributed by atoms with Gasteiger partial charge in [-0.15, -0.1) is 0 Å². The second-order valence-corrected chi connectivity index (χ2v) is 5.17. The highest BCUT2D eigenvalue weighted by atomic mass is 35.5. The Kier molecular flexibility index (Phi) is 4.45. The van der Waals surface area contributed by atoms with Crippen LogP contribution in [-0.4, -0.2) is 5.54 Å². The molecule has 0 aliphatic heterocycles. The lowest BCUT2D eigenvalue weighted by atomic mass is 10.0. The summed E-state index contributed by atoms with van der Waals surface area (Å²) in [6.45, 7) is 7.29. The van der Waals surface area contributed by atoms with Gasteiger partial charge in [0.05, 0.1) is 0 Å². The predicted molar refractivity (Wildman–Crippen MR) is 67.7 cm³/mol. The summed E-state index contributed by atoms with van der Waals surface area (Å²) in [7, 11) is 0. The first-order valence-electron chi connectivity index (χ1n) is 5.13. The van der Waals surface area contributed by atoms with Gasteiger partial charge in [-0.2, -0.15) is 0 Å². The summed E-state index contributed by atoms with van der Waals surface area (Å²) >= 11 is 11.9. The average molecular weight is 246 g/mol.